The Morgan fingerprint density at radius 2 is 1.88 bits per heavy atom. The second-order valence-electron chi connectivity index (χ2n) is 7.06. The third-order valence-corrected chi connectivity index (χ3v) is 5.22. The van der Waals surface area contributed by atoms with Gasteiger partial charge in [0.05, 0.1) is 0 Å². The SMILES string of the molecule is Cc1cc(N2CCCC2)ccc1NC(=O)CCn1ccc2ccccc21. The first kappa shape index (κ1) is 16.7. The first-order valence-electron chi connectivity index (χ1n) is 9.40. The van der Waals surface area contributed by atoms with Gasteiger partial charge in [0.2, 0.25) is 5.91 Å². The molecule has 0 bridgehead atoms. The number of hydrogen-bond donors (Lipinski definition) is 1. The number of anilines is 2. The number of carbonyl (C=O) groups excluding carboxylic acids is 1. The van der Waals surface area contributed by atoms with Gasteiger partial charge in [-0.2, -0.15) is 0 Å². The molecule has 4 nitrogen and oxygen atoms in total. The van der Waals surface area contributed by atoms with Crippen LogP contribution in [0.15, 0.2) is 54.7 Å². The van der Waals surface area contributed by atoms with Crippen molar-refractivity contribution in [1.29, 1.82) is 0 Å². The summed E-state index contributed by atoms with van der Waals surface area (Å²) in [4.78, 5) is 14.8. The summed E-state index contributed by atoms with van der Waals surface area (Å²) in [5.41, 5.74) is 4.47. The minimum absolute atomic E-state index is 0.0554. The van der Waals surface area contributed by atoms with Crippen LogP contribution in [-0.2, 0) is 11.3 Å². The third-order valence-electron chi connectivity index (χ3n) is 5.22. The largest absolute Gasteiger partial charge is 0.372 e. The van der Waals surface area contributed by atoms with Crippen molar-refractivity contribution in [3.05, 3.63) is 60.3 Å². The van der Waals surface area contributed by atoms with Gasteiger partial charge < -0.3 is 14.8 Å². The van der Waals surface area contributed by atoms with Crippen LogP contribution in [-0.4, -0.2) is 23.6 Å². The van der Waals surface area contributed by atoms with Gasteiger partial charge >= 0.3 is 0 Å². The molecule has 1 amide bonds. The van der Waals surface area contributed by atoms with Crippen LogP contribution < -0.4 is 10.2 Å². The van der Waals surface area contributed by atoms with E-state index in [4.69, 9.17) is 0 Å². The number of aromatic nitrogens is 1. The van der Waals surface area contributed by atoms with E-state index >= 15 is 0 Å². The summed E-state index contributed by atoms with van der Waals surface area (Å²) in [5.74, 6) is 0.0554. The molecule has 1 aliphatic rings. The van der Waals surface area contributed by atoms with Crippen molar-refractivity contribution in [2.24, 2.45) is 0 Å². The molecule has 4 heteroatoms. The Labute approximate surface area is 154 Å². The Bertz CT molecular complexity index is 922. The molecule has 0 saturated carbocycles. The van der Waals surface area contributed by atoms with Gasteiger partial charge in [-0.1, -0.05) is 18.2 Å². The quantitative estimate of drug-likeness (QED) is 0.733. The molecule has 2 aromatic carbocycles. The average molecular weight is 347 g/mol. The van der Waals surface area contributed by atoms with Gasteiger partial charge in [0.15, 0.2) is 0 Å². The zero-order valence-electron chi connectivity index (χ0n) is 15.2. The predicted octanol–water partition coefficient (Wildman–Crippen LogP) is 4.58. The molecule has 1 N–H and O–H groups in total. The van der Waals surface area contributed by atoms with E-state index in [1.165, 1.54) is 29.4 Å². The van der Waals surface area contributed by atoms with Crippen molar-refractivity contribution in [3.63, 3.8) is 0 Å². The van der Waals surface area contributed by atoms with Gasteiger partial charge in [-0.3, -0.25) is 4.79 Å². The zero-order chi connectivity index (χ0) is 17.9. The van der Waals surface area contributed by atoms with Gasteiger partial charge in [0, 0.05) is 49.1 Å². The molecular weight excluding hydrogens is 322 g/mol. The summed E-state index contributed by atoms with van der Waals surface area (Å²) in [6, 6.07) is 16.7. The standard InChI is InChI=1S/C22H25N3O/c1-17-16-19(24-12-4-5-13-24)8-9-20(17)23-22(26)11-15-25-14-10-18-6-2-3-7-21(18)25/h2-3,6-10,14,16H,4-5,11-13,15H2,1H3,(H,23,26). The summed E-state index contributed by atoms with van der Waals surface area (Å²) in [5, 5.41) is 4.28. The van der Waals surface area contributed by atoms with E-state index in [2.05, 4.69) is 52.0 Å². The van der Waals surface area contributed by atoms with Gasteiger partial charge in [-0.15, -0.1) is 0 Å². The molecule has 4 rings (SSSR count). The summed E-state index contributed by atoms with van der Waals surface area (Å²) in [6.45, 7) is 5.02. The van der Waals surface area contributed by atoms with E-state index in [9.17, 15) is 4.79 Å². The van der Waals surface area contributed by atoms with Crippen molar-refractivity contribution in [2.75, 3.05) is 23.3 Å². The van der Waals surface area contributed by atoms with Crippen molar-refractivity contribution >= 4 is 28.2 Å². The number of carbonyl (C=O) groups is 1. The van der Waals surface area contributed by atoms with Crippen LogP contribution in [0.4, 0.5) is 11.4 Å². The number of benzene rings is 2. The highest BCUT2D eigenvalue weighted by Crippen LogP contribution is 2.25. The Morgan fingerprint density at radius 3 is 2.69 bits per heavy atom. The molecule has 0 unspecified atom stereocenters. The summed E-state index contributed by atoms with van der Waals surface area (Å²) < 4.78 is 2.14. The normalized spacial score (nSPS) is 14.1. The van der Waals surface area contributed by atoms with Crippen LogP contribution in [0.3, 0.4) is 0 Å². The van der Waals surface area contributed by atoms with Gasteiger partial charge in [0.1, 0.15) is 0 Å². The fraction of sp³-hybridized carbons (Fsp3) is 0.318. The maximum Gasteiger partial charge on any atom is 0.226 e. The van der Waals surface area contributed by atoms with Crippen molar-refractivity contribution in [3.8, 4) is 0 Å². The predicted molar refractivity (Wildman–Crippen MR) is 108 cm³/mol. The van der Waals surface area contributed by atoms with Gasteiger partial charge in [-0.05, 0) is 61.0 Å². The van der Waals surface area contributed by atoms with Crippen LogP contribution in [0.1, 0.15) is 24.8 Å². The summed E-state index contributed by atoms with van der Waals surface area (Å²) >= 11 is 0. The lowest BCUT2D eigenvalue weighted by Gasteiger charge is -2.19. The minimum Gasteiger partial charge on any atom is -0.372 e. The number of aryl methyl sites for hydroxylation is 2. The Hall–Kier alpha value is -2.75. The molecule has 1 fully saturated rings. The van der Waals surface area contributed by atoms with Crippen LogP contribution in [0.2, 0.25) is 0 Å². The monoisotopic (exact) mass is 347 g/mol. The minimum atomic E-state index is 0.0554. The van der Waals surface area contributed by atoms with Crippen LogP contribution >= 0.6 is 0 Å². The number of amides is 1. The highest BCUT2D eigenvalue weighted by atomic mass is 16.1. The topological polar surface area (TPSA) is 37.3 Å². The molecule has 1 aromatic heterocycles. The van der Waals surface area contributed by atoms with Crippen LogP contribution in [0.5, 0.6) is 0 Å². The molecule has 3 aromatic rings. The molecule has 0 radical (unpaired) electrons. The van der Waals surface area contributed by atoms with Crippen LogP contribution in [0, 0.1) is 6.92 Å². The first-order chi connectivity index (χ1) is 12.7. The Balaban J connectivity index is 1.38. The number of hydrogen-bond acceptors (Lipinski definition) is 2. The number of rotatable bonds is 5. The summed E-state index contributed by atoms with van der Waals surface area (Å²) in [6.07, 6.45) is 5.05. The second kappa shape index (κ2) is 7.24. The fourth-order valence-corrected chi connectivity index (χ4v) is 3.73. The summed E-state index contributed by atoms with van der Waals surface area (Å²) in [7, 11) is 0. The van der Waals surface area contributed by atoms with Gasteiger partial charge in [0.25, 0.3) is 0 Å². The van der Waals surface area contributed by atoms with Gasteiger partial charge in [-0.25, -0.2) is 0 Å². The lowest BCUT2D eigenvalue weighted by Crippen LogP contribution is -2.18. The Morgan fingerprint density at radius 1 is 1.08 bits per heavy atom. The smallest absolute Gasteiger partial charge is 0.226 e. The molecule has 0 spiro atoms. The Kier molecular flexibility index (Phi) is 4.65. The highest BCUT2D eigenvalue weighted by molar-refractivity contribution is 5.92. The molecule has 26 heavy (non-hydrogen) atoms. The number of nitrogens with one attached hydrogen (secondary N) is 1. The van der Waals surface area contributed by atoms with Crippen LogP contribution in [0.25, 0.3) is 10.9 Å². The van der Waals surface area contributed by atoms with Crippen molar-refractivity contribution in [2.45, 2.75) is 32.7 Å². The fourth-order valence-electron chi connectivity index (χ4n) is 3.73. The van der Waals surface area contributed by atoms with E-state index in [1.807, 2.05) is 24.4 Å². The third kappa shape index (κ3) is 3.45. The molecule has 2 heterocycles. The maximum atomic E-state index is 12.4. The molecule has 0 aliphatic carbocycles. The maximum absolute atomic E-state index is 12.4. The number of para-hydroxylation sites is 1. The zero-order valence-corrected chi connectivity index (χ0v) is 15.2. The van der Waals surface area contributed by atoms with E-state index in [0.717, 1.165) is 24.3 Å². The lowest BCUT2D eigenvalue weighted by atomic mass is 10.1. The number of nitrogens with zero attached hydrogens (tertiary/aromatic N) is 2. The molecule has 1 saturated heterocycles. The van der Waals surface area contributed by atoms with E-state index in [0.29, 0.717) is 13.0 Å². The van der Waals surface area contributed by atoms with Crippen molar-refractivity contribution < 1.29 is 4.79 Å². The first-order valence-corrected chi connectivity index (χ1v) is 9.40. The molecule has 1 aliphatic heterocycles. The van der Waals surface area contributed by atoms with E-state index in [-0.39, 0.29) is 5.91 Å². The van der Waals surface area contributed by atoms with Crippen molar-refractivity contribution in [1.82, 2.24) is 4.57 Å². The average Bonchev–Trinajstić information content (AvgIpc) is 3.32. The highest BCUT2D eigenvalue weighted by Gasteiger charge is 2.13. The van der Waals surface area contributed by atoms with E-state index < -0.39 is 0 Å². The molecular formula is C22H25N3O. The number of fused-ring (bicyclic) bond motifs is 1. The second-order valence-corrected chi connectivity index (χ2v) is 7.06. The molecule has 0 atom stereocenters. The lowest BCUT2D eigenvalue weighted by molar-refractivity contribution is -0.116. The van der Waals surface area contributed by atoms with E-state index in [1.54, 1.807) is 0 Å². The molecule has 134 valence electrons.